The second-order valence-electron chi connectivity index (χ2n) is 6.25. The number of hydrogen-bond donors (Lipinski definition) is 0. The van der Waals surface area contributed by atoms with Crippen molar-refractivity contribution in [3.05, 3.63) is 65.7 Å². The van der Waals surface area contributed by atoms with Gasteiger partial charge in [-0.25, -0.2) is 9.00 Å². The van der Waals surface area contributed by atoms with Crippen molar-refractivity contribution < 1.29 is 13.2 Å². The van der Waals surface area contributed by atoms with E-state index in [9.17, 15) is 9.00 Å². The molecule has 1 fully saturated rings. The Kier molecular flexibility index (Phi) is 5.20. The summed E-state index contributed by atoms with van der Waals surface area (Å²) in [5, 5.41) is 0. The molecule has 1 aliphatic heterocycles. The van der Waals surface area contributed by atoms with E-state index in [1.54, 1.807) is 29.0 Å². The van der Waals surface area contributed by atoms with Gasteiger partial charge in [-0.1, -0.05) is 48.0 Å². The van der Waals surface area contributed by atoms with Crippen LogP contribution >= 0.6 is 0 Å². The third kappa shape index (κ3) is 3.60. The smallest absolute Gasteiger partial charge is 0.322 e. The van der Waals surface area contributed by atoms with Crippen LogP contribution < -0.4 is 0 Å². The molecule has 25 heavy (non-hydrogen) atoms. The largest absolute Gasteiger partial charge is 0.323 e. The molecule has 2 aromatic rings. The molecular formula is C19H22N2O3S. The SMILES string of the molecule is Cc1ccc(S(=O)OCN2C(=O)N(C)[C@@H](C)[C@H]2c2ccccc2)cc1. The maximum Gasteiger partial charge on any atom is 0.322 e. The summed E-state index contributed by atoms with van der Waals surface area (Å²) >= 11 is -1.61. The van der Waals surface area contributed by atoms with Crippen LogP contribution in [0.3, 0.4) is 0 Å². The van der Waals surface area contributed by atoms with E-state index in [0.717, 1.165) is 11.1 Å². The first-order valence-corrected chi connectivity index (χ1v) is 9.26. The van der Waals surface area contributed by atoms with E-state index in [1.165, 1.54) is 0 Å². The van der Waals surface area contributed by atoms with Crippen molar-refractivity contribution >= 4 is 17.1 Å². The van der Waals surface area contributed by atoms with Gasteiger partial charge in [0.05, 0.1) is 17.0 Å². The molecule has 1 unspecified atom stereocenters. The summed E-state index contributed by atoms with van der Waals surface area (Å²) in [6, 6.07) is 16.9. The average Bonchev–Trinajstić information content (AvgIpc) is 2.84. The van der Waals surface area contributed by atoms with E-state index in [0.29, 0.717) is 4.90 Å². The number of likely N-dealkylation sites (N-methyl/N-ethyl adjacent to an activating group) is 1. The Morgan fingerprint density at radius 2 is 1.72 bits per heavy atom. The maximum atomic E-state index is 12.6. The maximum absolute atomic E-state index is 12.6. The first kappa shape index (κ1) is 17.6. The molecule has 0 N–H and O–H groups in total. The van der Waals surface area contributed by atoms with Gasteiger partial charge < -0.3 is 4.90 Å². The van der Waals surface area contributed by atoms with Crippen LogP contribution in [0.2, 0.25) is 0 Å². The van der Waals surface area contributed by atoms with Crippen LogP contribution in [0.15, 0.2) is 59.5 Å². The summed E-state index contributed by atoms with van der Waals surface area (Å²) in [5.74, 6) is 0. The molecule has 0 aromatic heterocycles. The standard InChI is InChI=1S/C19H22N2O3S/c1-14-9-11-17(12-10-14)25(23)24-13-21-18(15(2)20(3)19(21)22)16-7-5-4-6-8-16/h4-12,15,18H,13H2,1-3H3/t15-,18-,25?/m0/s1. The summed E-state index contributed by atoms with van der Waals surface area (Å²) in [4.78, 5) is 16.5. The highest BCUT2D eigenvalue weighted by atomic mass is 32.2. The molecule has 2 amide bonds. The van der Waals surface area contributed by atoms with Gasteiger partial charge in [-0.2, -0.15) is 0 Å². The van der Waals surface area contributed by atoms with Crippen LogP contribution in [0.25, 0.3) is 0 Å². The molecule has 3 rings (SSSR count). The van der Waals surface area contributed by atoms with Crippen LogP contribution in [-0.4, -0.2) is 39.9 Å². The molecule has 0 spiro atoms. The summed E-state index contributed by atoms with van der Waals surface area (Å²) in [7, 11) is 1.78. The fourth-order valence-electron chi connectivity index (χ4n) is 3.03. The lowest BCUT2D eigenvalue weighted by molar-refractivity contribution is 0.135. The van der Waals surface area contributed by atoms with E-state index in [4.69, 9.17) is 4.18 Å². The Balaban J connectivity index is 1.76. The Labute approximate surface area is 150 Å². The number of hydrogen-bond acceptors (Lipinski definition) is 3. The highest BCUT2D eigenvalue weighted by Crippen LogP contribution is 2.34. The minimum atomic E-state index is -1.61. The first-order chi connectivity index (χ1) is 12.0. The number of urea groups is 1. The van der Waals surface area contributed by atoms with Gasteiger partial charge in [-0.15, -0.1) is 0 Å². The average molecular weight is 358 g/mol. The van der Waals surface area contributed by atoms with Crippen LogP contribution in [-0.2, 0) is 15.3 Å². The number of nitrogens with zero attached hydrogens (tertiary/aromatic N) is 2. The van der Waals surface area contributed by atoms with Crippen molar-refractivity contribution in [2.24, 2.45) is 0 Å². The van der Waals surface area contributed by atoms with Gasteiger partial charge in [0.25, 0.3) is 0 Å². The third-order valence-electron chi connectivity index (χ3n) is 4.60. The summed E-state index contributed by atoms with van der Waals surface area (Å²) in [6.45, 7) is 3.96. The number of carbonyl (C=O) groups is 1. The molecule has 132 valence electrons. The van der Waals surface area contributed by atoms with Crippen molar-refractivity contribution in [1.82, 2.24) is 9.80 Å². The van der Waals surface area contributed by atoms with Crippen LogP contribution in [0.4, 0.5) is 4.79 Å². The first-order valence-electron chi connectivity index (χ1n) is 8.19. The Hall–Kier alpha value is -2.18. The van der Waals surface area contributed by atoms with Crippen molar-refractivity contribution in [2.45, 2.75) is 30.8 Å². The zero-order chi connectivity index (χ0) is 18.0. The molecule has 3 atom stereocenters. The highest BCUT2D eigenvalue weighted by molar-refractivity contribution is 7.80. The predicted octanol–water partition coefficient (Wildman–Crippen LogP) is 3.49. The zero-order valence-electron chi connectivity index (χ0n) is 14.6. The normalized spacial score (nSPS) is 21.6. The molecule has 2 aromatic carbocycles. The molecule has 1 saturated heterocycles. The van der Waals surface area contributed by atoms with Crippen molar-refractivity contribution in [2.75, 3.05) is 13.8 Å². The van der Waals surface area contributed by atoms with Crippen molar-refractivity contribution in [3.63, 3.8) is 0 Å². The van der Waals surface area contributed by atoms with Crippen LogP contribution in [0.1, 0.15) is 24.1 Å². The monoisotopic (exact) mass is 358 g/mol. The van der Waals surface area contributed by atoms with Gasteiger partial charge in [0, 0.05) is 7.05 Å². The molecule has 0 saturated carbocycles. The second kappa shape index (κ2) is 7.37. The number of benzene rings is 2. The van der Waals surface area contributed by atoms with E-state index < -0.39 is 11.1 Å². The van der Waals surface area contributed by atoms with Gasteiger partial charge >= 0.3 is 6.03 Å². The van der Waals surface area contributed by atoms with Gasteiger partial charge in [0.2, 0.25) is 0 Å². The fourth-order valence-corrected chi connectivity index (χ4v) is 3.74. The Morgan fingerprint density at radius 1 is 1.08 bits per heavy atom. The fraction of sp³-hybridized carbons (Fsp3) is 0.316. The van der Waals surface area contributed by atoms with E-state index in [2.05, 4.69) is 0 Å². The Bertz CT molecular complexity index is 764. The number of rotatable bonds is 5. The predicted molar refractivity (Wildman–Crippen MR) is 97.2 cm³/mol. The lowest BCUT2D eigenvalue weighted by Gasteiger charge is -2.25. The molecule has 1 heterocycles. The molecule has 0 aliphatic carbocycles. The second-order valence-corrected chi connectivity index (χ2v) is 7.43. The Morgan fingerprint density at radius 3 is 2.36 bits per heavy atom. The molecule has 6 heteroatoms. The molecular weight excluding hydrogens is 336 g/mol. The van der Waals surface area contributed by atoms with Gasteiger partial charge in [-0.05, 0) is 31.5 Å². The van der Waals surface area contributed by atoms with Crippen molar-refractivity contribution in [3.8, 4) is 0 Å². The van der Waals surface area contributed by atoms with Gasteiger partial charge in [-0.3, -0.25) is 9.08 Å². The number of carbonyl (C=O) groups excluding carboxylic acids is 1. The quantitative estimate of drug-likeness (QED) is 0.822. The molecule has 0 radical (unpaired) electrons. The summed E-state index contributed by atoms with van der Waals surface area (Å²) in [6.07, 6.45) is 0. The highest BCUT2D eigenvalue weighted by Gasteiger charge is 2.42. The van der Waals surface area contributed by atoms with E-state index in [-0.39, 0.29) is 24.8 Å². The van der Waals surface area contributed by atoms with Crippen LogP contribution in [0, 0.1) is 6.92 Å². The molecule has 1 aliphatic rings. The van der Waals surface area contributed by atoms with Gasteiger partial charge in [0.1, 0.15) is 6.73 Å². The lowest BCUT2D eigenvalue weighted by atomic mass is 10.0. The van der Waals surface area contributed by atoms with E-state index >= 15 is 0 Å². The zero-order valence-corrected chi connectivity index (χ0v) is 15.4. The minimum absolute atomic E-state index is 0.00584. The lowest BCUT2D eigenvalue weighted by Crippen LogP contribution is -2.33. The third-order valence-corrected chi connectivity index (χ3v) is 5.58. The summed E-state index contributed by atoms with van der Waals surface area (Å²) in [5.41, 5.74) is 2.13. The molecule has 0 bridgehead atoms. The number of aryl methyl sites for hydroxylation is 1. The summed E-state index contributed by atoms with van der Waals surface area (Å²) < 4.78 is 17.9. The van der Waals surface area contributed by atoms with Crippen LogP contribution in [0.5, 0.6) is 0 Å². The topological polar surface area (TPSA) is 49.9 Å². The number of amides is 2. The minimum Gasteiger partial charge on any atom is -0.323 e. The van der Waals surface area contributed by atoms with E-state index in [1.807, 2.05) is 56.3 Å². The van der Waals surface area contributed by atoms with Gasteiger partial charge in [0.15, 0.2) is 11.1 Å². The van der Waals surface area contributed by atoms with Crippen molar-refractivity contribution in [1.29, 1.82) is 0 Å². The molecule has 5 nitrogen and oxygen atoms in total.